The minimum absolute atomic E-state index is 0.169. The smallest absolute Gasteiger partial charge is 0.197 e. The van der Waals surface area contributed by atoms with Gasteiger partial charge in [0.1, 0.15) is 16.9 Å². The first-order chi connectivity index (χ1) is 10.1. The molecule has 0 spiro atoms. The quantitative estimate of drug-likeness (QED) is 0.538. The fraction of sp³-hybridized carbons (Fsp3) is 0.0625. The zero-order valence-electron chi connectivity index (χ0n) is 11.2. The van der Waals surface area contributed by atoms with Gasteiger partial charge in [-0.2, -0.15) is 5.26 Å². The molecule has 0 unspecified atom stereocenters. The topological polar surface area (TPSA) is 58.2 Å². The number of pyridine rings is 1. The Morgan fingerprint density at radius 2 is 2.05 bits per heavy atom. The van der Waals surface area contributed by atoms with Gasteiger partial charge in [0.25, 0.3) is 0 Å². The second kappa shape index (κ2) is 5.04. The number of carbonyl (C=O) groups is 1. The third-order valence-corrected chi connectivity index (χ3v) is 3.78. The summed E-state index contributed by atoms with van der Waals surface area (Å²) in [7, 11) is 0. The monoisotopic (exact) mass is 295 g/mol. The minimum Gasteiger partial charge on any atom is -0.289 e. The summed E-state index contributed by atoms with van der Waals surface area (Å²) in [4.78, 5) is 17.0. The summed E-state index contributed by atoms with van der Waals surface area (Å²) in [5, 5.41) is 9.56. The largest absolute Gasteiger partial charge is 0.289 e. The van der Waals surface area contributed by atoms with E-state index in [1.807, 2.05) is 6.07 Å². The molecule has 0 atom stereocenters. The standard InChI is InChI=1S/C16H10ClN3O/c1-10-12(9-18)15(17)20-8-7-19-16(20)13(10)14(21)11-5-3-2-4-6-11/h2-8H,1H3. The van der Waals surface area contributed by atoms with Crippen LogP contribution >= 0.6 is 11.6 Å². The molecule has 3 aromatic rings. The van der Waals surface area contributed by atoms with E-state index in [9.17, 15) is 10.1 Å². The summed E-state index contributed by atoms with van der Waals surface area (Å²) >= 11 is 6.20. The number of nitrogens with zero attached hydrogens (tertiary/aromatic N) is 3. The average Bonchev–Trinajstić information content (AvgIpc) is 2.98. The zero-order valence-corrected chi connectivity index (χ0v) is 11.9. The molecule has 0 saturated heterocycles. The van der Waals surface area contributed by atoms with E-state index in [0.29, 0.717) is 27.9 Å². The molecule has 0 amide bonds. The molecule has 5 heteroatoms. The van der Waals surface area contributed by atoms with Crippen molar-refractivity contribution >= 4 is 23.0 Å². The summed E-state index contributed by atoms with van der Waals surface area (Å²) in [6, 6.07) is 11.0. The van der Waals surface area contributed by atoms with Gasteiger partial charge < -0.3 is 0 Å². The Labute approximate surface area is 126 Å². The molecule has 0 bridgehead atoms. The number of hydrogen-bond donors (Lipinski definition) is 0. The Hall–Kier alpha value is -2.64. The number of fused-ring (bicyclic) bond motifs is 1. The van der Waals surface area contributed by atoms with Crippen LogP contribution in [0.2, 0.25) is 5.15 Å². The molecule has 0 saturated carbocycles. The Kier molecular flexibility index (Phi) is 3.20. The summed E-state index contributed by atoms with van der Waals surface area (Å²) in [6.07, 6.45) is 3.20. The molecule has 0 aliphatic rings. The summed E-state index contributed by atoms with van der Waals surface area (Å²) in [5.74, 6) is -0.169. The van der Waals surface area contributed by atoms with Gasteiger partial charge in [0.2, 0.25) is 0 Å². The maximum Gasteiger partial charge on any atom is 0.197 e. The molecule has 2 heterocycles. The lowest BCUT2D eigenvalue weighted by atomic mass is 9.97. The highest BCUT2D eigenvalue weighted by molar-refractivity contribution is 6.31. The molecule has 0 N–H and O–H groups in total. The SMILES string of the molecule is Cc1c(C#N)c(Cl)n2ccnc2c1C(=O)c1ccccc1. The zero-order chi connectivity index (χ0) is 15.0. The van der Waals surface area contributed by atoms with Crippen LogP contribution < -0.4 is 0 Å². The molecule has 21 heavy (non-hydrogen) atoms. The number of carbonyl (C=O) groups excluding carboxylic acids is 1. The average molecular weight is 296 g/mol. The number of halogens is 1. The number of rotatable bonds is 2. The Morgan fingerprint density at radius 3 is 2.71 bits per heavy atom. The first kappa shape index (κ1) is 13.3. The number of hydrogen-bond acceptors (Lipinski definition) is 3. The molecular formula is C16H10ClN3O. The number of aromatic nitrogens is 2. The van der Waals surface area contributed by atoms with Crippen molar-refractivity contribution in [3.05, 3.63) is 70.1 Å². The molecule has 1 aromatic carbocycles. The van der Waals surface area contributed by atoms with E-state index in [2.05, 4.69) is 11.1 Å². The van der Waals surface area contributed by atoms with Gasteiger partial charge in [-0.25, -0.2) is 4.98 Å². The lowest BCUT2D eigenvalue weighted by molar-refractivity contribution is 0.103. The van der Waals surface area contributed by atoms with Gasteiger partial charge in [0.05, 0.1) is 11.1 Å². The van der Waals surface area contributed by atoms with E-state index in [4.69, 9.17) is 11.6 Å². The van der Waals surface area contributed by atoms with Crippen LogP contribution in [0.25, 0.3) is 5.65 Å². The van der Waals surface area contributed by atoms with Crippen molar-refractivity contribution in [2.24, 2.45) is 0 Å². The number of ketones is 1. The Balaban J connectivity index is 2.35. The minimum atomic E-state index is -0.169. The van der Waals surface area contributed by atoms with Crippen LogP contribution in [0.5, 0.6) is 0 Å². The molecule has 3 rings (SSSR count). The summed E-state index contributed by atoms with van der Waals surface area (Å²) in [6.45, 7) is 1.72. The highest BCUT2D eigenvalue weighted by Gasteiger charge is 2.22. The van der Waals surface area contributed by atoms with E-state index in [1.165, 1.54) is 0 Å². The maximum absolute atomic E-state index is 12.8. The van der Waals surface area contributed by atoms with Gasteiger partial charge in [-0.15, -0.1) is 0 Å². The van der Waals surface area contributed by atoms with Gasteiger partial charge in [-0.1, -0.05) is 41.9 Å². The maximum atomic E-state index is 12.8. The van der Waals surface area contributed by atoms with E-state index >= 15 is 0 Å². The first-order valence-corrected chi connectivity index (χ1v) is 6.68. The highest BCUT2D eigenvalue weighted by atomic mass is 35.5. The van der Waals surface area contributed by atoms with Crippen molar-refractivity contribution < 1.29 is 4.79 Å². The van der Waals surface area contributed by atoms with Crippen LogP contribution in [0.15, 0.2) is 42.7 Å². The second-order valence-electron chi connectivity index (χ2n) is 4.59. The van der Waals surface area contributed by atoms with Gasteiger partial charge in [0, 0.05) is 18.0 Å². The molecule has 102 valence electrons. The fourth-order valence-corrected chi connectivity index (χ4v) is 2.67. The predicted molar refractivity (Wildman–Crippen MR) is 79.5 cm³/mol. The fourth-order valence-electron chi connectivity index (χ4n) is 2.35. The third-order valence-electron chi connectivity index (χ3n) is 3.41. The second-order valence-corrected chi connectivity index (χ2v) is 4.95. The van der Waals surface area contributed by atoms with E-state index in [1.54, 1.807) is 48.0 Å². The van der Waals surface area contributed by atoms with Crippen molar-refractivity contribution in [3.8, 4) is 6.07 Å². The molecule has 0 aliphatic carbocycles. The van der Waals surface area contributed by atoms with Crippen molar-refractivity contribution in [3.63, 3.8) is 0 Å². The van der Waals surface area contributed by atoms with E-state index < -0.39 is 0 Å². The Morgan fingerprint density at radius 1 is 1.33 bits per heavy atom. The number of nitriles is 1. The van der Waals surface area contributed by atoms with Crippen LogP contribution in [-0.4, -0.2) is 15.2 Å². The van der Waals surface area contributed by atoms with Gasteiger partial charge >= 0.3 is 0 Å². The van der Waals surface area contributed by atoms with Gasteiger partial charge in [0.15, 0.2) is 5.78 Å². The van der Waals surface area contributed by atoms with Crippen LogP contribution in [-0.2, 0) is 0 Å². The van der Waals surface area contributed by atoms with Crippen molar-refractivity contribution in [1.82, 2.24) is 9.38 Å². The van der Waals surface area contributed by atoms with Crippen molar-refractivity contribution in [2.45, 2.75) is 6.92 Å². The van der Waals surface area contributed by atoms with Crippen LogP contribution in [0.3, 0.4) is 0 Å². The summed E-state index contributed by atoms with van der Waals surface area (Å²) < 4.78 is 1.56. The third kappa shape index (κ3) is 1.99. The lowest BCUT2D eigenvalue weighted by Crippen LogP contribution is -2.09. The van der Waals surface area contributed by atoms with E-state index in [-0.39, 0.29) is 10.9 Å². The molecule has 4 nitrogen and oxygen atoms in total. The number of benzene rings is 1. The van der Waals surface area contributed by atoms with Crippen LogP contribution in [0, 0.1) is 18.3 Å². The van der Waals surface area contributed by atoms with Crippen LogP contribution in [0.4, 0.5) is 0 Å². The van der Waals surface area contributed by atoms with Gasteiger partial charge in [-0.3, -0.25) is 9.20 Å². The normalized spacial score (nSPS) is 10.5. The molecular weight excluding hydrogens is 286 g/mol. The van der Waals surface area contributed by atoms with Crippen molar-refractivity contribution in [2.75, 3.05) is 0 Å². The van der Waals surface area contributed by atoms with Crippen LogP contribution in [0.1, 0.15) is 27.0 Å². The predicted octanol–water partition coefficient (Wildman–Crippen LogP) is 3.40. The van der Waals surface area contributed by atoms with Crippen molar-refractivity contribution in [1.29, 1.82) is 5.26 Å². The molecule has 2 aromatic heterocycles. The molecule has 0 fully saturated rings. The summed E-state index contributed by atoms with van der Waals surface area (Å²) in [5.41, 5.74) is 2.27. The van der Waals surface area contributed by atoms with E-state index in [0.717, 1.165) is 0 Å². The molecule has 0 radical (unpaired) electrons. The van der Waals surface area contributed by atoms with Gasteiger partial charge in [-0.05, 0) is 12.5 Å². The highest BCUT2D eigenvalue weighted by Crippen LogP contribution is 2.27. The number of imidazole rings is 1. The lowest BCUT2D eigenvalue weighted by Gasteiger charge is -2.11. The first-order valence-electron chi connectivity index (χ1n) is 6.30. The molecule has 0 aliphatic heterocycles. The Bertz CT molecular complexity index is 891.